The molecule has 4 aliphatic rings. The van der Waals surface area contributed by atoms with Crippen LogP contribution in [0.3, 0.4) is 0 Å². The molecule has 1 N–H and O–H groups in total. The number of amides is 2. The van der Waals surface area contributed by atoms with Crippen molar-refractivity contribution < 1.29 is 18.4 Å². The van der Waals surface area contributed by atoms with Crippen LogP contribution in [-0.2, 0) is 11.2 Å². The third-order valence-electron chi connectivity index (χ3n) is 8.22. The number of carbonyl (C=O) groups excluding carboxylic acids is 2. The molecule has 1 aromatic heterocycles. The SMILES string of the molecule is N#CC1(CC(=O)[C@H](CC(F)(F)Cc2ccccn2)NC(=O)N2CC3(CCN(C4CC4)CC3)C2)CC1. The van der Waals surface area contributed by atoms with Crippen LogP contribution in [0.2, 0.25) is 0 Å². The molecule has 2 aliphatic carbocycles. The number of piperidine rings is 1. The summed E-state index contributed by atoms with van der Waals surface area (Å²) in [4.78, 5) is 34.1. The van der Waals surface area contributed by atoms with E-state index < -0.39 is 42.0 Å². The number of halogens is 2. The fourth-order valence-electron chi connectivity index (χ4n) is 5.59. The van der Waals surface area contributed by atoms with Crippen molar-refractivity contribution in [2.75, 3.05) is 26.2 Å². The Morgan fingerprint density at radius 2 is 1.91 bits per heavy atom. The molecule has 3 heterocycles. The number of Topliss-reactive ketones (excluding diaryl/α,β-unsaturated/α-hetero) is 1. The Kier molecular flexibility index (Phi) is 6.28. The van der Waals surface area contributed by atoms with Crippen LogP contribution in [0.1, 0.15) is 57.1 Å². The maximum Gasteiger partial charge on any atom is 0.318 e. The molecule has 2 amide bonds. The van der Waals surface area contributed by atoms with E-state index in [1.165, 1.54) is 25.1 Å². The maximum atomic E-state index is 15.0. The Bertz CT molecular complexity index is 987. The summed E-state index contributed by atoms with van der Waals surface area (Å²) in [5, 5.41) is 12.0. The molecule has 4 fully saturated rings. The number of aromatic nitrogens is 1. The molecule has 1 spiro atoms. The Hall–Kier alpha value is -2.60. The lowest BCUT2D eigenvalue weighted by atomic mass is 9.72. The molecule has 1 aromatic rings. The first-order valence-corrected chi connectivity index (χ1v) is 12.7. The minimum atomic E-state index is -3.23. The first kappa shape index (κ1) is 24.1. The lowest BCUT2D eigenvalue weighted by molar-refractivity contribution is -0.124. The van der Waals surface area contributed by atoms with Crippen molar-refractivity contribution >= 4 is 11.8 Å². The number of urea groups is 1. The summed E-state index contributed by atoms with van der Waals surface area (Å²) in [6.07, 6.45) is 5.78. The fraction of sp³-hybridized carbons (Fsp3) is 0.692. The molecule has 0 bridgehead atoms. The summed E-state index contributed by atoms with van der Waals surface area (Å²) in [5.74, 6) is -3.72. The number of ketones is 1. The predicted octanol–water partition coefficient (Wildman–Crippen LogP) is 3.55. The van der Waals surface area contributed by atoms with Gasteiger partial charge in [-0.25, -0.2) is 13.6 Å². The molecule has 2 saturated heterocycles. The van der Waals surface area contributed by atoms with E-state index in [0.29, 0.717) is 25.9 Å². The lowest BCUT2D eigenvalue weighted by Gasteiger charge is -2.54. The molecular formula is C26H33F2N5O2. The van der Waals surface area contributed by atoms with Gasteiger partial charge in [-0.2, -0.15) is 5.26 Å². The van der Waals surface area contributed by atoms with Gasteiger partial charge in [0.15, 0.2) is 5.78 Å². The van der Waals surface area contributed by atoms with Gasteiger partial charge in [0.25, 0.3) is 5.92 Å². The molecule has 0 radical (unpaired) electrons. The quantitative estimate of drug-likeness (QED) is 0.578. The summed E-state index contributed by atoms with van der Waals surface area (Å²) >= 11 is 0. The third-order valence-corrected chi connectivity index (χ3v) is 8.22. The van der Waals surface area contributed by atoms with E-state index in [-0.39, 0.29) is 17.5 Å². The maximum absolute atomic E-state index is 15.0. The van der Waals surface area contributed by atoms with Crippen LogP contribution < -0.4 is 5.32 Å². The first-order valence-electron chi connectivity index (χ1n) is 12.7. The number of carbonyl (C=O) groups is 2. The monoisotopic (exact) mass is 485 g/mol. The highest BCUT2D eigenvalue weighted by atomic mass is 19.3. The van der Waals surface area contributed by atoms with Crippen molar-refractivity contribution in [3.8, 4) is 6.07 Å². The Morgan fingerprint density at radius 3 is 2.49 bits per heavy atom. The molecule has 188 valence electrons. The van der Waals surface area contributed by atoms with Crippen molar-refractivity contribution in [2.24, 2.45) is 10.8 Å². The van der Waals surface area contributed by atoms with Crippen molar-refractivity contribution in [3.63, 3.8) is 0 Å². The van der Waals surface area contributed by atoms with Gasteiger partial charge in [-0.05, 0) is 63.7 Å². The van der Waals surface area contributed by atoms with Gasteiger partial charge < -0.3 is 15.1 Å². The number of rotatable bonds is 9. The molecule has 9 heteroatoms. The molecule has 35 heavy (non-hydrogen) atoms. The lowest BCUT2D eigenvalue weighted by Crippen LogP contribution is -2.65. The van der Waals surface area contributed by atoms with Gasteiger partial charge in [-0.1, -0.05) is 6.07 Å². The number of hydrogen-bond donors (Lipinski definition) is 1. The van der Waals surface area contributed by atoms with E-state index in [0.717, 1.165) is 32.0 Å². The summed E-state index contributed by atoms with van der Waals surface area (Å²) in [5.41, 5.74) is -0.413. The molecule has 2 aliphatic heterocycles. The van der Waals surface area contributed by atoms with Crippen LogP contribution >= 0.6 is 0 Å². The summed E-state index contributed by atoms with van der Waals surface area (Å²) in [6, 6.07) is 5.91. The van der Waals surface area contributed by atoms with Crippen LogP contribution in [0.5, 0.6) is 0 Å². The van der Waals surface area contributed by atoms with E-state index in [9.17, 15) is 23.6 Å². The van der Waals surface area contributed by atoms with Gasteiger partial charge in [0.1, 0.15) is 0 Å². The van der Waals surface area contributed by atoms with Crippen LogP contribution in [0, 0.1) is 22.2 Å². The second-order valence-electron chi connectivity index (χ2n) is 11.2. The number of hydrogen-bond acceptors (Lipinski definition) is 5. The third kappa shape index (κ3) is 5.64. The number of alkyl halides is 2. The Morgan fingerprint density at radius 1 is 1.20 bits per heavy atom. The topological polar surface area (TPSA) is 89.3 Å². The second-order valence-corrected chi connectivity index (χ2v) is 11.2. The number of pyridine rings is 1. The highest BCUT2D eigenvalue weighted by Crippen LogP contribution is 2.48. The average molecular weight is 486 g/mol. The van der Waals surface area contributed by atoms with E-state index >= 15 is 0 Å². The van der Waals surface area contributed by atoms with Gasteiger partial charge in [0, 0.05) is 49.3 Å². The van der Waals surface area contributed by atoms with Crippen molar-refractivity contribution in [3.05, 3.63) is 30.1 Å². The molecule has 0 unspecified atom stereocenters. The number of nitriles is 1. The standard InChI is InChI=1S/C26H33F2N5O2/c27-26(28,13-19-3-1-2-10-30-19)14-21(22(34)15-24(16-29)6-7-24)31-23(35)33-17-25(18-33)8-11-32(12-9-25)20-4-5-20/h1-3,10,20-21H,4-9,11-15,17-18H2,(H,31,35)/t21-/m0/s1. The summed E-state index contributed by atoms with van der Waals surface area (Å²) in [6.45, 7) is 3.31. The molecule has 0 aromatic carbocycles. The Balaban J connectivity index is 1.20. The number of nitrogens with zero attached hydrogens (tertiary/aromatic N) is 4. The zero-order valence-corrected chi connectivity index (χ0v) is 20.0. The van der Waals surface area contributed by atoms with Gasteiger partial charge in [0.2, 0.25) is 0 Å². The minimum absolute atomic E-state index is 0.102. The number of likely N-dealkylation sites (tertiary alicyclic amines) is 2. The van der Waals surface area contributed by atoms with Crippen LogP contribution in [0.15, 0.2) is 24.4 Å². The summed E-state index contributed by atoms with van der Waals surface area (Å²) < 4.78 is 29.9. The molecule has 7 nitrogen and oxygen atoms in total. The molecule has 2 saturated carbocycles. The molecule has 5 rings (SSSR count). The smallest absolute Gasteiger partial charge is 0.318 e. The van der Waals surface area contributed by atoms with Gasteiger partial charge in [-0.15, -0.1) is 0 Å². The van der Waals surface area contributed by atoms with Crippen LogP contribution in [0.25, 0.3) is 0 Å². The van der Waals surface area contributed by atoms with Gasteiger partial charge in [0.05, 0.1) is 23.9 Å². The van der Waals surface area contributed by atoms with Crippen molar-refractivity contribution in [1.29, 1.82) is 5.26 Å². The zero-order chi connectivity index (χ0) is 24.7. The normalized spacial score (nSPS) is 23.7. The molecule has 1 atom stereocenters. The number of nitrogens with one attached hydrogen (secondary N) is 1. The molecular weight excluding hydrogens is 452 g/mol. The van der Waals surface area contributed by atoms with E-state index in [4.69, 9.17) is 0 Å². The predicted molar refractivity (Wildman–Crippen MR) is 125 cm³/mol. The largest absolute Gasteiger partial charge is 0.328 e. The minimum Gasteiger partial charge on any atom is -0.328 e. The fourth-order valence-corrected chi connectivity index (χ4v) is 5.59. The first-order chi connectivity index (χ1) is 16.7. The summed E-state index contributed by atoms with van der Waals surface area (Å²) in [7, 11) is 0. The van der Waals surface area contributed by atoms with Gasteiger partial charge >= 0.3 is 6.03 Å². The van der Waals surface area contributed by atoms with E-state index in [1.54, 1.807) is 17.0 Å². The van der Waals surface area contributed by atoms with E-state index in [2.05, 4.69) is 21.3 Å². The van der Waals surface area contributed by atoms with Crippen LogP contribution in [-0.4, -0.2) is 70.8 Å². The van der Waals surface area contributed by atoms with Gasteiger partial charge in [-0.3, -0.25) is 9.78 Å². The van der Waals surface area contributed by atoms with Crippen molar-refractivity contribution in [2.45, 2.75) is 75.8 Å². The van der Waals surface area contributed by atoms with Crippen molar-refractivity contribution in [1.82, 2.24) is 20.1 Å². The van der Waals surface area contributed by atoms with Crippen LogP contribution in [0.4, 0.5) is 13.6 Å². The van der Waals surface area contributed by atoms with E-state index in [1.807, 2.05) is 0 Å². The zero-order valence-electron chi connectivity index (χ0n) is 20.0. The Labute approximate surface area is 204 Å². The average Bonchev–Trinajstić information content (AvgIpc) is 3.73. The highest BCUT2D eigenvalue weighted by Gasteiger charge is 2.50. The highest BCUT2D eigenvalue weighted by molar-refractivity contribution is 5.89. The second kappa shape index (κ2) is 9.12.